The van der Waals surface area contributed by atoms with Crippen molar-refractivity contribution in [3.63, 3.8) is 0 Å². The van der Waals surface area contributed by atoms with E-state index < -0.39 is 18.1 Å². The molecule has 1 aliphatic carbocycles. The van der Waals surface area contributed by atoms with Crippen molar-refractivity contribution >= 4 is 33.9 Å². The van der Waals surface area contributed by atoms with Crippen LogP contribution >= 0.6 is 0 Å². The third kappa shape index (κ3) is 4.18. The molecular formula is C31H24N2O5. The highest BCUT2D eigenvalue weighted by Gasteiger charge is 2.30. The molecule has 1 amide bonds. The summed E-state index contributed by atoms with van der Waals surface area (Å²) in [6, 6.07) is 27.2. The molecule has 5 aromatic rings. The molecule has 188 valence electrons. The third-order valence-electron chi connectivity index (χ3n) is 7.14. The van der Waals surface area contributed by atoms with Gasteiger partial charge in [0.1, 0.15) is 12.6 Å². The van der Waals surface area contributed by atoms with Gasteiger partial charge in [0.05, 0.1) is 0 Å². The number of aromatic amines is 1. The van der Waals surface area contributed by atoms with Gasteiger partial charge in [0, 0.05) is 34.1 Å². The molecule has 0 saturated carbocycles. The predicted octanol–water partition coefficient (Wildman–Crippen LogP) is 5.22. The second-order valence-corrected chi connectivity index (χ2v) is 9.44. The van der Waals surface area contributed by atoms with Gasteiger partial charge in [0.2, 0.25) is 0 Å². The first-order valence-corrected chi connectivity index (χ1v) is 12.4. The number of aliphatic carboxylic acids is 1. The number of carbonyl (C=O) groups is 2. The van der Waals surface area contributed by atoms with E-state index >= 15 is 0 Å². The summed E-state index contributed by atoms with van der Waals surface area (Å²) in [7, 11) is 0. The molecule has 3 N–H and O–H groups in total. The molecule has 0 fully saturated rings. The van der Waals surface area contributed by atoms with E-state index in [2.05, 4.69) is 10.3 Å². The summed E-state index contributed by atoms with van der Waals surface area (Å²) in [5, 5.41) is 13.3. The first-order valence-electron chi connectivity index (χ1n) is 12.4. The molecule has 0 saturated heterocycles. The van der Waals surface area contributed by atoms with E-state index in [9.17, 15) is 19.5 Å². The minimum Gasteiger partial charge on any atom is -0.480 e. The van der Waals surface area contributed by atoms with Crippen molar-refractivity contribution < 1.29 is 19.4 Å². The van der Waals surface area contributed by atoms with Crippen LogP contribution < -0.4 is 10.7 Å². The summed E-state index contributed by atoms with van der Waals surface area (Å²) in [4.78, 5) is 40.9. The van der Waals surface area contributed by atoms with Crippen molar-refractivity contribution in [1.29, 1.82) is 0 Å². The van der Waals surface area contributed by atoms with Gasteiger partial charge >= 0.3 is 12.1 Å². The molecular weight excluding hydrogens is 480 g/mol. The van der Waals surface area contributed by atoms with Crippen LogP contribution in [0.25, 0.3) is 32.9 Å². The summed E-state index contributed by atoms with van der Waals surface area (Å²) in [5.74, 6) is -1.32. The van der Waals surface area contributed by atoms with Crippen LogP contribution in [0.4, 0.5) is 4.79 Å². The number of carboxylic acid groups (broad SMARTS) is 1. The van der Waals surface area contributed by atoms with Gasteiger partial charge in [-0.1, -0.05) is 66.7 Å². The first-order chi connectivity index (χ1) is 18.5. The van der Waals surface area contributed by atoms with Crippen molar-refractivity contribution in [2.45, 2.75) is 18.4 Å². The van der Waals surface area contributed by atoms with Crippen LogP contribution in [0.15, 0.2) is 95.8 Å². The largest absolute Gasteiger partial charge is 0.480 e. The quantitative estimate of drug-likeness (QED) is 0.275. The lowest BCUT2D eigenvalue weighted by Crippen LogP contribution is -2.42. The predicted molar refractivity (Wildman–Crippen MR) is 145 cm³/mol. The zero-order chi connectivity index (χ0) is 26.2. The molecule has 7 nitrogen and oxygen atoms in total. The van der Waals surface area contributed by atoms with Crippen LogP contribution in [-0.4, -0.2) is 34.8 Å². The Morgan fingerprint density at radius 1 is 0.842 bits per heavy atom. The summed E-state index contributed by atoms with van der Waals surface area (Å²) in [5.41, 5.74) is 6.25. The zero-order valence-corrected chi connectivity index (χ0v) is 20.3. The maximum atomic E-state index is 13.0. The number of nitrogens with one attached hydrogen (secondary N) is 2. The Bertz CT molecular complexity index is 1730. The highest BCUT2D eigenvalue weighted by molar-refractivity contribution is 5.92. The van der Waals surface area contributed by atoms with Crippen molar-refractivity contribution in [2.24, 2.45) is 0 Å². The molecule has 0 radical (unpaired) electrons. The van der Waals surface area contributed by atoms with Gasteiger partial charge in [-0.3, -0.25) is 4.79 Å². The van der Waals surface area contributed by atoms with Crippen molar-refractivity contribution in [2.75, 3.05) is 6.61 Å². The van der Waals surface area contributed by atoms with Crippen LogP contribution in [0.5, 0.6) is 0 Å². The van der Waals surface area contributed by atoms with E-state index in [-0.39, 0.29) is 24.4 Å². The Hall–Kier alpha value is -4.91. The molecule has 38 heavy (non-hydrogen) atoms. The Morgan fingerprint density at radius 3 is 2.18 bits per heavy atom. The molecule has 0 aliphatic heterocycles. The van der Waals surface area contributed by atoms with Crippen molar-refractivity contribution in [3.05, 3.63) is 118 Å². The monoisotopic (exact) mass is 504 g/mol. The lowest BCUT2D eigenvalue weighted by atomic mass is 9.98. The van der Waals surface area contributed by atoms with E-state index in [1.54, 1.807) is 30.3 Å². The number of H-pyrrole nitrogens is 1. The first kappa shape index (κ1) is 23.5. The van der Waals surface area contributed by atoms with E-state index in [0.29, 0.717) is 21.9 Å². The molecule has 4 aromatic carbocycles. The average Bonchev–Trinajstić information content (AvgIpc) is 3.25. The fourth-order valence-corrected chi connectivity index (χ4v) is 5.31. The maximum Gasteiger partial charge on any atom is 0.407 e. The van der Waals surface area contributed by atoms with Crippen LogP contribution in [0.2, 0.25) is 0 Å². The Balaban J connectivity index is 1.18. The van der Waals surface area contributed by atoms with Gasteiger partial charge in [-0.05, 0) is 52.1 Å². The van der Waals surface area contributed by atoms with E-state index in [0.717, 1.165) is 27.8 Å². The summed E-state index contributed by atoms with van der Waals surface area (Å²) >= 11 is 0. The number of alkyl carbamates (subject to hydrolysis) is 1. The number of para-hydroxylation sites is 1. The molecule has 1 aliphatic rings. The molecule has 7 heteroatoms. The number of fused-ring (bicyclic) bond motifs is 5. The number of benzene rings is 4. The summed E-state index contributed by atoms with van der Waals surface area (Å²) in [6.45, 7) is 0.0879. The number of pyridine rings is 1. The number of carbonyl (C=O) groups excluding carboxylic acids is 1. The third-order valence-corrected chi connectivity index (χ3v) is 7.14. The van der Waals surface area contributed by atoms with Gasteiger partial charge < -0.3 is 20.1 Å². The maximum absolute atomic E-state index is 13.0. The number of amides is 1. The number of ether oxygens (including phenoxy) is 1. The second-order valence-electron chi connectivity index (χ2n) is 9.44. The lowest BCUT2D eigenvalue weighted by molar-refractivity contribution is -0.139. The van der Waals surface area contributed by atoms with Gasteiger partial charge in [-0.25, -0.2) is 9.59 Å². The van der Waals surface area contributed by atoms with Crippen LogP contribution in [0.3, 0.4) is 0 Å². The van der Waals surface area contributed by atoms with E-state index in [1.807, 2.05) is 60.7 Å². The number of hydrogen-bond acceptors (Lipinski definition) is 4. The Morgan fingerprint density at radius 2 is 1.47 bits per heavy atom. The number of aromatic nitrogens is 1. The van der Waals surface area contributed by atoms with Crippen LogP contribution in [0, 0.1) is 0 Å². The number of carboxylic acids is 1. The smallest absolute Gasteiger partial charge is 0.407 e. The SMILES string of the molecule is O=C(N[C@@H](Cc1ccc2[nH]c3ccccc3c(=O)c2c1)C(=O)O)OCC1c2ccccc2-c2ccccc21. The van der Waals surface area contributed by atoms with E-state index in [1.165, 1.54) is 0 Å². The summed E-state index contributed by atoms with van der Waals surface area (Å²) < 4.78 is 5.53. The lowest BCUT2D eigenvalue weighted by Gasteiger charge is -2.18. The fourth-order valence-electron chi connectivity index (χ4n) is 5.31. The Kier molecular flexibility index (Phi) is 5.88. The van der Waals surface area contributed by atoms with Crippen LogP contribution in [0.1, 0.15) is 22.6 Å². The highest BCUT2D eigenvalue weighted by atomic mass is 16.5. The minimum absolute atomic E-state index is 0.00172. The number of hydrogen-bond donors (Lipinski definition) is 3. The Labute approximate surface area is 217 Å². The van der Waals surface area contributed by atoms with Crippen molar-refractivity contribution in [1.82, 2.24) is 10.3 Å². The van der Waals surface area contributed by atoms with Gasteiger partial charge in [0.25, 0.3) is 0 Å². The van der Waals surface area contributed by atoms with Gasteiger partial charge in [-0.15, -0.1) is 0 Å². The van der Waals surface area contributed by atoms with Crippen LogP contribution in [-0.2, 0) is 16.0 Å². The van der Waals surface area contributed by atoms with Crippen molar-refractivity contribution in [3.8, 4) is 11.1 Å². The molecule has 0 bridgehead atoms. The van der Waals surface area contributed by atoms with E-state index in [4.69, 9.17) is 4.74 Å². The standard InChI is InChI=1S/C31H24N2O5/c34-29-23-11-5-6-12-26(23)32-27-14-13-18(15-24(27)29)16-28(30(35)36)33-31(37)38-17-25-21-9-3-1-7-19(21)20-8-2-4-10-22(20)25/h1-15,25,28H,16-17H2,(H,32,34)(H,33,37)(H,35,36)/t28-/m0/s1. The number of rotatable bonds is 6. The average molecular weight is 505 g/mol. The fraction of sp³-hybridized carbons (Fsp3) is 0.129. The zero-order valence-electron chi connectivity index (χ0n) is 20.3. The minimum atomic E-state index is -1.22. The molecule has 1 heterocycles. The molecule has 0 spiro atoms. The molecule has 6 rings (SSSR count). The summed E-state index contributed by atoms with van der Waals surface area (Å²) in [6.07, 6.45) is -0.800. The molecule has 1 atom stereocenters. The second kappa shape index (κ2) is 9.52. The topological polar surface area (TPSA) is 108 Å². The highest BCUT2D eigenvalue weighted by Crippen LogP contribution is 2.44. The molecule has 0 unspecified atom stereocenters. The van der Waals surface area contributed by atoms with Gasteiger partial charge in [0.15, 0.2) is 5.43 Å². The van der Waals surface area contributed by atoms with Gasteiger partial charge in [-0.2, -0.15) is 0 Å². The molecule has 1 aromatic heterocycles. The normalized spacial score (nSPS) is 13.2.